The molecule has 4 aliphatic rings. The van der Waals surface area contributed by atoms with Gasteiger partial charge >= 0.3 is 0 Å². The van der Waals surface area contributed by atoms with E-state index in [9.17, 15) is 5.11 Å². The van der Waals surface area contributed by atoms with Gasteiger partial charge in [-0.25, -0.2) is 0 Å². The molecule has 4 rings (SSSR count). The summed E-state index contributed by atoms with van der Waals surface area (Å²) in [7, 11) is 0. The van der Waals surface area contributed by atoms with Crippen LogP contribution in [-0.2, 0) is 0 Å². The maximum Gasteiger partial charge on any atom is 0.0543 e. The maximum absolute atomic E-state index is 10.3. The Morgan fingerprint density at radius 1 is 0.793 bits per heavy atom. The predicted octanol–water partition coefficient (Wildman–Crippen LogP) is 7.71. The largest absolute Gasteiger partial charge is 0.393 e. The van der Waals surface area contributed by atoms with Crippen LogP contribution in [0.5, 0.6) is 0 Å². The highest BCUT2D eigenvalue weighted by molar-refractivity contribution is 5.09. The van der Waals surface area contributed by atoms with E-state index in [-0.39, 0.29) is 6.10 Å². The second-order valence-corrected chi connectivity index (χ2v) is 13.1. The van der Waals surface area contributed by atoms with Crippen molar-refractivity contribution >= 4 is 0 Å². The molecule has 4 fully saturated rings. The molecule has 0 aromatic carbocycles. The van der Waals surface area contributed by atoms with Gasteiger partial charge in [0.1, 0.15) is 0 Å². The lowest BCUT2D eigenvalue weighted by Gasteiger charge is -2.61. The zero-order chi connectivity index (χ0) is 21.0. The molecule has 0 aromatic heterocycles. The summed E-state index contributed by atoms with van der Waals surface area (Å²) in [5.74, 6) is 7.28. The fraction of sp³-hybridized carbons (Fsp3) is 1.00. The van der Waals surface area contributed by atoms with Crippen molar-refractivity contribution in [1.29, 1.82) is 0 Å². The molecule has 1 heteroatoms. The van der Waals surface area contributed by atoms with Gasteiger partial charge in [0.15, 0.2) is 0 Å². The molecule has 0 bridgehead atoms. The summed E-state index contributed by atoms with van der Waals surface area (Å²) in [6, 6.07) is 0. The first kappa shape index (κ1) is 22.2. The second kappa shape index (κ2) is 8.14. The van der Waals surface area contributed by atoms with Gasteiger partial charge in [-0.15, -0.1) is 0 Å². The lowest BCUT2D eigenvalue weighted by molar-refractivity contribution is -0.129. The van der Waals surface area contributed by atoms with Crippen molar-refractivity contribution in [1.82, 2.24) is 0 Å². The van der Waals surface area contributed by atoms with Crippen LogP contribution in [0.15, 0.2) is 0 Å². The smallest absolute Gasteiger partial charge is 0.0543 e. The van der Waals surface area contributed by atoms with Crippen molar-refractivity contribution in [3.63, 3.8) is 0 Å². The Labute approximate surface area is 181 Å². The van der Waals surface area contributed by atoms with Crippen molar-refractivity contribution in [2.24, 2.45) is 58.2 Å². The lowest BCUT2D eigenvalue weighted by atomic mass is 9.44. The molecular weight excluding hydrogens is 352 g/mol. The van der Waals surface area contributed by atoms with E-state index in [0.29, 0.717) is 10.8 Å². The first-order chi connectivity index (χ1) is 13.7. The minimum Gasteiger partial charge on any atom is -0.393 e. The molecule has 1 N–H and O–H groups in total. The number of rotatable bonds is 5. The Morgan fingerprint density at radius 2 is 1.48 bits per heavy atom. The summed E-state index contributed by atoms with van der Waals surface area (Å²) in [6.45, 7) is 15.2. The summed E-state index contributed by atoms with van der Waals surface area (Å²) in [4.78, 5) is 0. The monoisotopic (exact) mass is 402 g/mol. The Kier molecular flexibility index (Phi) is 6.22. The molecule has 0 radical (unpaired) electrons. The zero-order valence-electron chi connectivity index (χ0n) is 20.4. The van der Waals surface area contributed by atoms with E-state index in [1.54, 1.807) is 0 Å². The highest BCUT2D eigenvalue weighted by atomic mass is 16.3. The summed E-state index contributed by atoms with van der Waals surface area (Å²) in [5, 5.41) is 10.3. The first-order valence-electron chi connectivity index (χ1n) is 13.3. The van der Waals surface area contributed by atoms with Crippen LogP contribution in [-0.4, -0.2) is 11.2 Å². The molecule has 0 spiro atoms. The molecule has 0 aromatic rings. The molecule has 9 unspecified atom stereocenters. The lowest BCUT2D eigenvalue weighted by Crippen LogP contribution is -2.54. The van der Waals surface area contributed by atoms with Gasteiger partial charge in [-0.3, -0.25) is 0 Å². The molecule has 0 heterocycles. The van der Waals surface area contributed by atoms with Crippen LogP contribution in [0, 0.1) is 58.2 Å². The number of aliphatic hydroxyl groups excluding tert-OH is 1. The van der Waals surface area contributed by atoms with Crippen LogP contribution in [0.2, 0.25) is 0 Å². The van der Waals surface area contributed by atoms with Crippen LogP contribution in [0.1, 0.15) is 112 Å². The van der Waals surface area contributed by atoms with E-state index in [0.717, 1.165) is 60.2 Å². The predicted molar refractivity (Wildman–Crippen MR) is 124 cm³/mol. The molecule has 29 heavy (non-hydrogen) atoms. The van der Waals surface area contributed by atoms with E-state index >= 15 is 0 Å². The fourth-order valence-electron chi connectivity index (χ4n) is 9.27. The van der Waals surface area contributed by atoms with Gasteiger partial charge in [0.05, 0.1) is 6.10 Å². The molecule has 0 saturated heterocycles. The molecule has 10 atom stereocenters. The highest BCUT2D eigenvalue weighted by Gasteiger charge is 2.60. The quantitative estimate of drug-likeness (QED) is 0.499. The van der Waals surface area contributed by atoms with Crippen molar-refractivity contribution in [2.75, 3.05) is 0 Å². The van der Waals surface area contributed by atoms with Gasteiger partial charge in [0, 0.05) is 0 Å². The van der Waals surface area contributed by atoms with Crippen molar-refractivity contribution in [3.8, 4) is 0 Å². The fourth-order valence-corrected chi connectivity index (χ4v) is 9.27. The van der Waals surface area contributed by atoms with E-state index < -0.39 is 0 Å². The highest BCUT2D eigenvalue weighted by Crippen LogP contribution is 2.68. The second-order valence-electron chi connectivity index (χ2n) is 13.1. The SMILES string of the molecule is CC(CC[C@@H](C)C(C)C)C1CCC2C3CCC4CC(O)CCC4(C)C3CCC12C. The average molecular weight is 403 g/mol. The van der Waals surface area contributed by atoms with E-state index in [1.165, 1.54) is 57.8 Å². The Balaban J connectivity index is 1.46. The summed E-state index contributed by atoms with van der Waals surface area (Å²) >= 11 is 0. The van der Waals surface area contributed by atoms with Crippen molar-refractivity contribution in [2.45, 2.75) is 118 Å². The third-order valence-electron chi connectivity index (χ3n) is 11.6. The summed E-state index contributed by atoms with van der Waals surface area (Å²) < 4.78 is 0. The molecule has 0 amide bonds. The third-order valence-corrected chi connectivity index (χ3v) is 11.6. The Hall–Kier alpha value is -0.0400. The number of aliphatic hydroxyl groups is 1. The first-order valence-corrected chi connectivity index (χ1v) is 13.3. The van der Waals surface area contributed by atoms with Crippen LogP contribution in [0.3, 0.4) is 0 Å². The minimum absolute atomic E-state index is 0.0107. The van der Waals surface area contributed by atoms with Gasteiger partial charge in [-0.1, -0.05) is 54.4 Å². The van der Waals surface area contributed by atoms with Gasteiger partial charge in [-0.05, 0) is 116 Å². The molecular formula is C28H50O. The van der Waals surface area contributed by atoms with Crippen molar-refractivity contribution in [3.05, 3.63) is 0 Å². The summed E-state index contributed by atoms with van der Waals surface area (Å²) in [5.41, 5.74) is 1.14. The van der Waals surface area contributed by atoms with Crippen LogP contribution >= 0.6 is 0 Å². The number of fused-ring (bicyclic) bond motifs is 5. The van der Waals surface area contributed by atoms with Gasteiger partial charge in [0.2, 0.25) is 0 Å². The van der Waals surface area contributed by atoms with Gasteiger partial charge < -0.3 is 5.11 Å². The molecule has 4 saturated carbocycles. The van der Waals surface area contributed by atoms with Gasteiger partial charge in [-0.2, -0.15) is 0 Å². The standard InChI is InChI=1S/C28H50O/c1-18(2)19(3)7-8-20(4)24-11-12-25-23-10-9-21-17-22(29)13-15-27(21,5)26(23)14-16-28(24,25)6/h18-26,29H,7-17H2,1-6H3/t19-,20?,21?,22?,23?,24?,25?,26?,27?,28?/m1/s1. The topological polar surface area (TPSA) is 20.2 Å². The zero-order valence-corrected chi connectivity index (χ0v) is 20.4. The normalized spacial score (nSPS) is 49.2. The third kappa shape index (κ3) is 3.74. The van der Waals surface area contributed by atoms with E-state index in [4.69, 9.17) is 0 Å². The average Bonchev–Trinajstić information content (AvgIpc) is 3.03. The minimum atomic E-state index is -0.0107. The number of hydrogen-bond donors (Lipinski definition) is 1. The molecule has 4 aliphatic carbocycles. The Bertz CT molecular complexity index is 569. The maximum atomic E-state index is 10.3. The Morgan fingerprint density at radius 3 is 2.21 bits per heavy atom. The van der Waals surface area contributed by atoms with E-state index in [2.05, 4.69) is 41.5 Å². The molecule has 1 nitrogen and oxygen atoms in total. The van der Waals surface area contributed by atoms with Crippen LogP contribution in [0.4, 0.5) is 0 Å². The van der Waals surface area contributed by atoms with Crippen LogP contribution in [0.25, 0.3) is 0 Å². The summed E-state index contributed by atoms with van der Waals surface area (Å²) in [6.07, 6.45) is 15.1. The van der Waals surface area contributed by atoms with Crippen molar-refractivity contribution < 1.29 is 5.11 Å². The van der Waals surface area contributed by atoms with E-state index in [1.807, 2.05) is 0 Å². The van der Waals surface area contributed by atoms with Gasteiger partial charge in [0.25, 0.3) is 0 Å². The van der Waals surface area contributed by atoms with Crippen LogP contribution < -0.4 is 0 Å². The molecule has 0 aliphatic heterocycles. The number of hydrogen-bond acceptors (Lipinski definition) is 1. The molecule has 168 valence electrons.